The molecule has 2 heterocycles. The van der Waals surface area contributed by atoms with Crippen LogP contribution in [-0.4, -0.2) is 41.4 Å². The minimum Gasteiger partial charge on any atom is -0.491 e. The molecule has 31 heavy (non-hydrogen) atoms. The molecule has 4 rings (SSSR count). The van der Waals surface area contributed by atoms with E-state index < -0.39 is 5.97 Å². The number of nitrogen functional groups attached to an aromatic ring is 1. The Labute approximate surface area is 177 Å². The highest BCUT2D eigenvalue weighted by Crippen LogP contribution is 2.35. The molecule has 1 aliphatic heterocycles. The summed E-state index contributed by atoms with van der Waals surface area (Å²) in [6, 6.07) is 9.92. The zero-order valence-electron chi connectivity index (χ0n) is 17.0. The first-order valence-corrected chi connectivity index (χ1v) is 9.61. The van der Waals surface area contributed by atoms with Gasteiger partial charge in [-0.25, -0.2) is 4.79 Å². The van der Waals surface area contributed by atoms with Crippen LogP contribution in [0.5, 0.6) is 17.2 Å². The minimum atomic E-state index is -1.15. The van der Waals surface area contributed by atoms with Gasteiger partial charge >= 0.3 is 5.97 Å². The number of aryl methyl sites for hydroxylation is 1. The standard InChI is InChI=1S/C22H21N3O6/c1-11(24-21(26)13-5-3-8-16-20(13)31-10-30-16)9-29-15-7-4-6-14-18(15)19(23)17(22(27)28)12(2)25-14/h3-8,11H,9-10H2,1-2H3,(H2,23,25)(H,24,26)(H,27,28). The Kier molecular flexibility index (Phi) is 5.24. The number of carboxylic acid groups (broad SMARTS) is 1. The second-order valence-corrected chi connectivity index (χ2v) is 7.17. The summed E-state index contributed by atoms with van der Waals surface area (Å²) in [7, 11) is 0. The molecule has 4 N–H and O–H groups in total. The fourth-order valence-corrected chi connectivity index (χ4v) is 3.50. The molecule has 1 atom stereocenters. The molecule has 1 amide bonds. The van der Waals surface area contributed by atoms with Crippen LogP contribution in [0, 0.1) is 6.92 Å². The summed E-state index contributed by atoms with van der Waals surface area (Å²) in [6.07, 6.45) is 0. The van der Waals surface area contributed by atoms with E-state index in [4.69, 9.17) is 19.9 Å². The Morgan fingerprint density at radius 3 is 2.81 bits per heavy atom. The number of aromatic carboxylic acids is 1. The lowest BCUT2D eigenvalue weighted by Gasteiger charge is -2.18. The van der Waals surface area contributed by atoms with E-state index in [2.05, 4.69) is 10.3 Å². The van der Waals surface area contributed by atoms with E-state index in [1.807, 2.05) is 0 Å². The number of carbonyl (C=O) groups is 2. The number of fused-ring (bicyclic) bond motifs is 2. The van der Waals surface area contributed by atoms with Gasteiger partial charge in [-0.1, -0.05) is 12.1 Å². The highest BCUT2D eigenvalue weighted by Gasteiger charge is 2.23. The van der Waals surface area contributed by atoms with Crippen LogP contribution < -0.4 is 25.3 Å². The van der Waals surface area contributed by atoms with Gasteiger partial charge in [-0.3, -0.25) is 9.78 Å². The molecule has 2 aromatic carbocycles. The topological polar surface area (TPSA) is 133 Å². The van der Waals surface area contributed by atoms with E-state index in [-0.39, 0.29) is 36.6 Å². The number of amides is 1. The van der Waals surface area contributed by atoms with E-state index in [0.29, 0.717) is 39.4 Å². The number of hydrogen-bond donors (Lipinski definition) is 3. The van der Waals surface area contributed by atoms with E-state index in [1.54, 1.807) is 50.2 Å². The van der Waals surface area contributed by atoms with Gasteiger partial charge in [0.1, 0.15) is 17.9 Å². The van der Waals surface area contributed by atoms with E-state index in [1.165, 1.54) is 0 Å². The summed E-state index contributed by atoms with van der Waals surface area (Å²) >= 11 is 0. The molecule has 1 aromatic heterocycles. The van der Waals surface area contributed by atoms with Crippen LogP contribution in [-0.2, 0) is 0 Å². The molecular weight excluding hydrogens is 402 g/mol. The van der Waals surface area contributed by atoms with Crippen molar-refractivity contribution in [1.82, 2.24) is 10.3 Å². The number of nitrogens with one attached hydrogen (secondary N) is 1. The number of para-hydroxylation sites is 1. The van der Waals surface area contributed by atoms with Crippen molar-refractivity contribution in [3.05, 3.63) is 53.2 Å². The number of rotatable bonds is 6. The summed E-state index contributed by atoms with van der Waals surface area (Å²) in [5.41, 5.74) is 7.43. The number of anilines is 1. The Balaban J connectivity index is 1.52. The van der Waals surface area contributed by atoms with Crippen molar-refractivity contribution in [3.63, 3.8) is 0 Å². The number of nitrogens with zero attached hydrogens (tertiary/aromatic N) is 1. The second-order valence-electron chi connectivity index (χ2n) is 7.17. The third kappa shape index (κ3) is 3.77. The number of carboxylic acids is 1. The van der Waals surface area contributed by atoms with Gasteiger partial charge in [0.15, 0.2) is 11.5 Å². The molecule has 160 valence electrons. The first-order chi connectivity index (χ1) is 14.9. The van der Waals surface area contributed by atoms with Crippen LogP contribution >= 0.6 is 0 Å². The SMILES string of the molecule is Cc1nc2cccc(OCC(C)NC(=O)c3cccc4c3OCO4)c2c(N)c1C(=O)O. The van der Waals surface area contributed by atoms with Crippen LogP contribution in [0.4, 0.5) is 5.69 Å². The van der Waals surface area contributed by atoms with Gasteiger partial charge < -0.3 is 30.4 Å². The molecular formula is C22H21N3O6. The van der Waals surface area contributed by atoms with Gasteiger partial charge in [-0.2, -0.15) is 0 Å². The third-order valence-corrected chi connectivity index (χ3v) is 4.91. The van der Waals surface area contributed by atoms with Gasteiger partial charge in [0.05, 0.1) is 33.9 Å². The lowest BCUT2D eigenvalue weighted by Crippen LogP contribution is -2.36. The second kappa shape index (κ2) is 8.02. The van der Waals surface area contributed by atoms with Gasteiger partial charge in [-0.15, -0.1) is 0 Å². The third-order valence-electron chi connectivity index (χ3n) is 4.91. The van der Waals surface area contributed by atoms with Gasteiger partial charge in [0.25, 0.3) is 5.91 Å². The smallest absolute Gasteiger partial charge is 0.339 e. The normalized spacial score (nSPS) is 13.1. The highest BCUT2D eigenvalue weighted by atomic mass is 16.7. The Bertz CT molecular complexity index is 1190. The van der Waals surface area contributed by atoms with Crippen molar-refractivity contribution in [2.24, 2.45) is 0 Å². The van der Waals surface area contributed by atoms with E-state index in [9.17, 15) is 14.7 Å². The highest BCUT2D eigenvalue weighted by molar-refractivity contribution is 6.06. The van der Waals surface area contributed by atoms with E-state index in [0.717, 1.165) is 0 Å². The maximum Gasteiger partial charge on any atom is 0.339 e. The number of benzene rings is 2. The average Bonchev–Trinajstić information content (AvgIpc) is 3.20. The van der Waals surface area contributed by atoms with Crippen molar-refractivity contribution < 1.29 is 28.9 Å². The van der Waals surface area contributed by atoms with Crippen LogP contribution in [0.2, 0.25) is 0 Å². The molecule has 1 aliphatic rings. The van der Waals surface area contributed by atoms with Crippen LogP contribution in [0.25, 0.3) is 10.9 Å². The maximum atomic E-state index is 12.7. The molecule has 0 saturated carbocycles. The number of hydrogen-bond acceptors (Lipinski definition) is 7. The van der Waals surface area contributed by atoms with Gasteiger partial charge in [0, 0.05) is 0 Å². The molecule has 0 saturated heterocycles. The average molecular weight is 423 g/mol. The maximum absolute atomic E-state index is 12.7. The summed E-state index contributed by atoms with van der Waals surface area (Å²) in [6.45, 7) is 3.59. The number of nitrogens with two attached hydrogens (primary N) is 1. The van der Waals surface area contributed by atoms with Crippen molar-refractivity contribution in [2.45, 2.75) is 19.9 Å². The first-order valence-electron chi connectivity index (χ1n) is 9.61. The molecule has 9 nitrogen and oxygen atoms in total. The molecule has 0 spiro atoms. The zero-order valence-corrected chi connectivity index (χ0v) is 17.0. The molecule has 0 fully saturated rings. The minimum absolute atomic E-state index is 0.0509. The fraction of sp³-hybridized carbons (Fsp3) is 0.227. The quantitative estimate of drug-likeness (QED) is 0.551. The number of pyridine rings is 1. The summed E-state index contributed by atoms with van der Waals surface area (Å²) < 4.78 is 16.6. The molecule has 0 radical (unpaired) electrons. The van der Waals surface area contributed by atoms with Crippen molar-refractivity contribution in [3.8, 4) is 17.2 Å². The number of aromatic nitrogens is 1. The van der Waals surface area contributed by atoms with Crippen LogP contribution in [0.1, 0.15) is 33.3 Å². The van der Waals surface area contributed by atoms with Crippen molar-refractivity contribution in [1.29, 1.82) is 0 Å². The zero-order chi connectivity index (χ0) is 22.1. The monoisotopic (exact) mass is 423 g/mol. The molecule has 1 unspecified atom stereocenters. The Morgan fingerprint density at radius 1 is 1.26 bits per heavy atom. The lowest BCUT2D eigenvalue weighted by molar-refractivity contribution is 0.0696. The lowest BCUT2D eigenvalue weighted by atomic mass is 10.1. The summed E-state index contributed by atoms with van der Waals surface area (Å²) in [5, 5.41) is 12.7. The van der Waals surface area contributed by atoms with Crippen molar-refractivity contribution >= 4 is 28.5 Å². The molecule has 0 bridgehead atoms. The first kappa shape index (κ1) is 20.3. The van der Waals surface area contributed by atoms with E-state index >= 15 is 0 Å². The summed E-state index contributed by atoms with van der Waals surface area (Å²) in [5.74, 6) is -0.136. The van der Waals surface area contributed by atoms with Gasteiger partial charge in [0.2, 0.25) is 6.79 Å². The largest absolute Gasteiger partial charge is 0.491 e. The van der Waals surface area contributed by atoms with Gasteiger partial charge in [-0.05, 0) is 38.1 Å². The molecule has 9 heteroatoms. The Hall–Kier alpha value is -4.01. The van der Waals surface area contributed by atoms with Crippen LogP contribution in [0.15, 0.2) is 36.4 Å². The summed E-state index contributed by atoms with van der Waals surface area (Å²) in [4.78, 5) is 28.6. The predicted octanol–water partition coefficient (Wildman–Crippen LogP) is 2.75. The molecule has 3 aromatic rings. The fourth-order valence-electron chi connectivity index (χ4n) is 3.50. The number of carbonyl (C=O) groups excluding carboxylic acids is 1. The Morgan fingerprint density at radius 2 is 2.03 bits per heavy atom. The number of ether oxygens (including phenoxy) is 3. The predicted molar refractivity (Wildman–Crippen MR) is 113 cm³/mol. The molecule has 0 aliphatic carbocycles. The van der Waals surface area contributed by atoms with Crippen molar-refractivity contribution in [2.75, 3.05) is 19.1 Å². The van der Waals surface area contributed by atoms with Crippen LogP contribution in [0.3, 0.4) is 0 Å².